The minimum atomic E-state index is -3.06. The van der Waals surface area contributed by atoms with Crippen molar-refractivity contribution in [2.45, 2.75) is 46.7 Å². The van der Waals surface area contributed by atoms with Gasteiger partial charge in [-0.3, -0.25) is 4.79 Å². The molecule has 3 atom stereocenters. The number of hydrogen-bond donors (Lipinski definition) is 0. The van der Waals surface area contributed by atoms with Gasteiger partial charge in [0.2, 0.25) is 5.91 Å². The molecular weight excluding hydrogens is 384 g/mol. The van der Waals surface area contributed by atoms with Crippen LogP contribution in [0.3, 0.4) is 0 Å². The standard InChI is InChI=1S/C23H34N2O3S/c1-16(2)13-20-21(23(20,3)4)22(26)25(19-11-12-29(27,28)15-19)14-17-7-9-18(10-8-17)24(5)6/h7-10,13,19-21H,11-12,14-15H2,1-6H3/t19-,20+,21-/m1/s1. The summed E-state index contributed by atoms with van der Waals surface area (Å²) in [5.41, 5.74) is 3.26. The Morgan fingerprint density at radius 1 is 1.17 bits per heavy atom. The molecule has 1 aromatic rings. The van der Waals surface area contributed by atoms with Crippen molar-refractivity contribution < 1.29 is 13.2 Å². The summed E-state index contributed by atoms with van der Waals surface area (Å²) in [6.07, 6.45) is 2.72. The van der Waals surface area contributed by atoms with Crippen LogP contribution in [0.4, 0.5) is 5.69 Å². The van der Waals surface area contributed by atoms with E-state index < -0.39 is 9.84 Å². The van der Waals surface area contributed by atoms with Gasteiger partial charge in [0.05, 0.1) is 17.4 Å². The number of sulfone groups is 1. The molecule has 1 amide bonds. The molecule has 1 aliphatic carbocycles. The fraction of sp³-hybridized carbons (Fsp3) is 0.609. The molecule has 1 saturated carbocycles. The van der Waals surface area contributed by atoms with E-state index in [1.807, 2.05) is 48.2 Å². The summed E-state index contributed by atoms with van der Waals surface area (Å²) in [6.45, 7) is 8.85. The third-order valence-corrected chi connectivity index (χ3v) is 8.18. The van der Waals surface area contributed by atoms with Gasteiger partial charge in [0, 0.05) is 32.4 Å². The van der Waals surface area contributed by atoms with E-state index in [4.69, 9.17) is 0 Å². The van der Waals surface area contributed by atoms with Crippen LogP contribution >= 0.6 is 0 Å². The molecule has 160 valence electrons. The smallest absolute Gasteiger partial charge is 0.227 e. The fourth-order valence-corrected chi connectivity index (χ4v) is 6.23. The number of rotatable bonds is 6. The van der Waals surface area contributed by atoms with Crippen molar-refractivity contribution in [2.24, 2.45) is 17.3 Å². The van der Waals surface area contributed by atoms with Crippen LogP contribution in [0, 0.1) is 17.3 Å². The van der Waals surface area contributed by atoms with Crippen LogP contribution < -0.4 is 4.90 Å². The second kappa shape index (κ2) is 7.78. The Morgan fingerprint density at radius 2 is 1.79 bits per heavy atom. The lowest BCUT2D eigenvalue weighted by Crippen LogP contribution is -2.42. The summed E-state index contributed by atoms with van der Waals surface area (Å²) in [7, 11) is 0.922. The molecule has 1 aliphatic heterocycles. The van der Waals surface area contributed by atoms with Crippen LogP contribution in [0.5, 0.6) is 0 Å². The maximum absolute atomic E-state index is 13.6. The van der Waals surface area contributed by atoms with E-state index in [1.165, 1.54) is 5.57 Å². The number of hydrogen-bond acceptors (Lipinski definition) is 4. The third kappa shape index (κ3) is 4.68. The maximum atomic E-state index is 13.6. The van der Waals surface area contributed by atoms with Gasteiger partial charge in [0.1, 0.15) is 0 Å². The molecule has 0 N–H and O–H groups in total. The molecule has 0 unspecified atom stereocenters. The largest absolute Gasteiger partial charge is 0.378 e. The number of carbonyl (C=O) groups excluding carboxylic acids is 1. The van der Waals surface area contributed by atoms with Gasteiger partial charge in [-0.15, -0.1) is 0 Å². The van der Waals surface area contributed by atoms with Crippen LogP contribution in [0.15, 0.2) is 35.9 Å². The zero-order valence-corrected chi connectivity index (χ0v) is 19.3. The summed E-state index contributed by atoms with van der Waals surface area (Å²) < 4.78 is 24.2. The summed E-state index contributed by atoms with van der Waals surface area (Å²) >= 11 is 0. The van der Waals surface area contributed by atoms with Gasteiger partial charge in [-0.2, -0.15) is 0 Å². The van der Waals surface area contributed by atoms with Crippen LogP contribution in [-0.4, -0.2) is 50.9 Å². The predicted octanol–water partition coefficient (Wildman–Crippen LogP) is 3.51. The van der Waals surface area contributed by atoms with Gasteiger partial charge in [-0.05, 0) is 49.3 Å². The lowest BCUT2D eigenvalue weighted by atomic mass is 10.1. The number of anilines is 1. The molecule has 1 aromatic carbocycles. The number of allylic oxidation sites excluding steroid dienone is 2. The summed E-state index contributed by atoms with van der Waals surface area (Å²) in [5, 5.41) is 0. The second-order valence-electron chi connectivity index (χ2n) is 9.65. The molecule has 0 bridgehead atoms. The Hall–Kier alpha value is -1.82. The third-order valence-electron chi connectivity index (χ3n) is 6.43. The van der Waals surface area contributed by atoms with Gasteiger partial charge in [-0.1, -0.05) is 37.6 Å². The van der Waals surface area contributed by atoms with E-state index in [-0.39, 0.29) is 40.7 Å². The van der Waals surface area contributed by atoms with E-state index in [9.17, 15) is 13.2 Å². The van der Waals surface area contributed by atoms with Crippen molar-refractivity contribution in [1.29, 1.82) is 0 Å². The van der Waals surface area contributed by atoms with E-state index in [1.54, 1.807) is 0 Å². The topological polar surface area (TPSA) is 57.7 Å². The molecule has 6 heteroatoms. The van der Waals surface area contributed by atoms with E-state index in [0.717, 1.165) is 11.3 Å². The molecule has 2 aliphatic rings. The molecule has 1 saturated heterocycles. The first-order chi connectivity index (χ1) is 13.4. The quantitative estimate of drug-likeness (QED) is 0.664. The zero-order chi connectivity index (χ0) is 21.6. The Bertz CT molecular complexity index is 897. The monoisotopic (exact) mass is 418 g/mol. The Kier molecular flexibility index (Phi) is 5.87. The predicted molar refractivity (Wildman–Crippen MR) is 119 cm³/mol. The van der Waals surface area contributed by atoms with Crippen LogP contribution in [0.1, 0.15) is 39.7 Å². The Morgan fingerprint density at radius 3 is 2.28 bits per heavy atom. The molecule has 1 heterocycles. The highest BCUT2D eigenvalue weighted by Crippen LogP contribution is 2.60. The number of nitrogens with zero attached hydrogens (tertiary/aromatic N) is 2. The van der Waals surface area contributed by atoms with Gasteiger partial charge in [0.15, 0.2) is 9.84 Å². The van der Waals surface area contributed by atoms with Crippen molar-refractivity contribution in [3.05, 3.63) is 41.5 Å². The number of carbonyl (C=O) groups is 1. The van der Waals surface area contributed by atoms with Crippen LogP contribution in [-0.2, 0) is 21.2 Å². The Labute approximate surface area is 175 Å². The lowest BCUT2D eigenvalue weighted by Gasteiger charge is -2.29. The van der Waals surface area contributed by atoms with Crippen molar-refractivity contribution in [3.63, 3.8) is 0 Å². The minimum absolute atomic E-state index is 0.0784. The zero-order valence-electron chi connectivity index (χ0n) is 18.5. The van der Waals surface area contributed by atoms with Gasteiger partial charge < -0.3 is 9.80 Å². The highest BCUT2D eigenvalue weighted by molar-refractivity contribution is 7.91. The second-order valence-corrected chi connectivity index (χ2v) is 11.9. The molecule has 29 heavy (non-hydrogen) atoms. The van der Waals surface area contributed by atoms with Crippen LogP contribution in [0.2, 0.25) is 0 Å². The lowest BCUT2D eigenvalue weighted by molar-refractivity contribution is -0.136. The SMILES string of the molecule is CC(C)=C[C@H]1[C@H](C(=O)N(Cc2ccc(N(C)C)cc2)[C@@H]2CCS(=O)(=O)C2)C1(C)C. The van der Waals surface area contributed by atoms with Crippen molar-refractivity contribution >= 4 is 21.4 Å². The van der Waals surface area contributed by atoms with Crippen molar-refractivity contribution in [3.8, 4) is 0 Å². The first-order valence-electron chi connectivity index (χ1n) is 10.3. The maximum Gasteiger partial charge on any atom is 0.227 e. The van der Waals surface area contributed by atoms with Crippen molar-refractivity contribution in [1.82, 2.24) is 4.90 Å². The first-order valence-corrected chi connectivity index (χ1v) is 12.2. The van der Waals surface area contributed by atoms with E-state index >= 15 is 0 Å². The minimum Gasteiger partial charge on any atom is -0.378 e. The highest BCUT2D eigenvalue weighted by Gasteiger charge is 2.61. The molecular formula is C23H34N2O3S. The van der Waals surface area contributed by atoms with Crippen LogP contribution in [0.25, 0.3) is 0 Å². The summed E-state index contributed by atoms with van der Waals surface area (Å²) in [6, 6.07) is 7.91. The Balaban J connectivity index is 1.86. The molecule has 2 fully saturated rings. The summed E-state index contributed by atoms with van der Waals surface area (Å²) in [5.74, 6) is 0.483. The fourth-order valence-electron chi connectivity index (χ4n) is 4.50. The number of amides is 1. The molecule has 0 aromatic heterocycles. The highest BCUT2D eigenvalue weighted by atomic mass is 32.2. The summed E-state index contributed by atoms with van der Waals surface area (Å²) in [4.78, 5) is 17.5. The number of benzene rings is 1. The van der Waals surface area contributed by atoms with Gasteiger partial charge in [0.25, 0.3) is 0 Å². The van der Waals surface area contributed by atoms with Crippen molar-refractivity contribution in [2.75, 3.05) is 30.5 Å². The first kappa shape index (κ1) is 21.9. The van der Waals surface area contributed by atoms with E-state index in [0.29, 0.717) is 13.0 Å². The molecule has 3 rings (SSSR count). The van der Waals surface area contributed by atoms with Gasteiger partial charge in [-0.25, -0.2) is 8.42 Å². The molecule has 5 nitrogen and oxygen atoms in total. The average molecular weight is 419 g/mol. The average Bonchev–Trinajstić information content (AvgIpc) is 2.94. The van der Waals surface area contributed by atoms with E-state index in [2.05, 4.69) is 33.8 Å². The van der Waals surface area contributed by atoms with Gasteiger partial charge >= 0.3 is 0 Å². The molecule has 0 radical (unpaired) electrons. The molecule has 0 spiro atoms. The normalized spacial score (nSPS) is 26.6.